The van der Waals surface area contributed by atoms with Crippen molar-refractivity contribution in [3.8, 4) is 5.75 Å². The molecule has 0 aromatic heterocycles. The molecule has 1 atom stereocenters. The van der Waals surface area contributed by atoms with E-state index in [1.165, 1.54) is 6.07 Å². The molecule has 0 heterocycles. The van der Waals surface area contributed by atoms with Gasteiger partial charge in [0.05, 0.1) is 0 Å². The molecule has 0 spiro atoms. The molecule has 0 aliphatic heterocycles. The molecule has 2 N–H and O–H groups in total. The lowest BCUT2D eigenvalue weighted by molar-refractivity contribution is -0.136. The number of rotatable bonds is 5. The number of hydrogen-bond donors (Lipinski definition) is 2. The Hall–Kier alpha value is -1.23. The number of phenols is 1. The van der Waals surface area contributed by atoms with Gasteiger partial charge in [0.15, 0.2) is 0 Å². The summed E-state index contributed by atoms with van der Waals surface area (Å²) < 4.78 is 36.3. The van der Waals surface area contributed by atoms with E-state index in [-0.39, 0.29) is 18.2 Å². The zero-order valence-electron chi connectivity index (χ0n) is 9.59. The average molecular weight is 247 g/mol. The Kier molecular flexibility index (Phi) is 4.81. The van der Waals surface area contributed by atoms with Gasteiger partial charge in [-0.25, -0.2) is 0 Å². The van der Waals surface area contributed by atoms with Crippen LogP contribution in [0.3, 0.4) is 0 Å². The zero-order valence-corrected chi connectivity index (χ0v) is 9.59. The summed E-state index contributed by atoms with van der Waals surface area (Å²) in [6.07, 6.45) is -4.40. The van der Waals surface area contributed by atoms with Gasteiger partial charge in [-0.05, 0) is 37.6 Å². The molecule has 96 valence electrons. The molecular formula is C12H16F3NO. The van der Waals surface area contributed by atoms with Gasteiger partial charge in [-0.15, -0.1) is 0 Å². The maximum Gasteiger partial charge on any atom is 0.389 e. The lowest BCUT2D eigenvalue weighted by atomic mass is 10.0. The summed E-state index contributed by atoms with van der Waals surface area (Å²) in [5, 5.41) is 12.1. The van der Waals surface area contributed by atoms with Crippen LogP contribution >= 0.6 is 0 Å². The van der Waals surface area contributed by atoms with Crippen molar-refractivity contribution in [1.29, 1.82) is 0 Å². The van der Waals surface area contributed by atoms with Gasteiger partial charge in [0, 0.05) is 12.5 Å². The highest BCUT2D eigenvalue weighted by Crippen LogP contribution is 2.23. The van der Waals surface area contributed by atoms with Crippen molar-refractivity contribution in [2.45, 2.75) is 31.5 Å². The first kappa shape index (κ1) is 13.8. The summed E-state index contributed by atoms with van der Waals surface area (Å²) in [4.78, 5) is 0. The zero-order chi connectivity index (χ0) is 12.9. The van der Waals surface area contributed by atoms with Crippen LogP contribution in [-0.2, 0) is 6.42 Å². The van der Waals surface area contributed by atoms with E-state index >= 15 is 0 Å². The second kappa shape index (κ2) is 5.91. The Balaban J connectivity index is 2.52. The Morgan fingerprint density at radius 3 is 2.59 bits per heavy atom. The van der Waals surface area contributed by atoms with Crippen LogP contribution in [0, 0.1) is 0 Å². The molecule has 0 amide bonds. The van der Waals surface area contributed by atoms with Gasteiger partial charge >= 0.3 is 6.18 Å². The third kappa shape index (κ3) is 5.58. The normalized spacial score (nSPS) is 13.6. The summed E-state index contributed by atoms with van der Waals surface area (Å²) >= 11 is 0. The Labute approximate surface area is 98.5 Å². The number of nitrogens with one attached hydrogen (secondary N) is 1. The van der Waals surface area contributed by atoms with E-state index in [2.05, 4.69) is 5.32 Å². The van der Waals surface area contributed by atoms with Crippen molar-refractivity contribution in [2.24, 2.45) is 0 Å². The Morgan fingerprint density at radius 1 is 1.35 bits per heavy atom. The van der Waals surface area contributed by atoms with Gasteiger partial charge in [-0.2, -0.15) is 13.2 Å². The summed E-state index contributed by atoms with van der Waals surface area (Å²) in [5.74, 6) is 0.133. The third-order valence-corrected chi connectivity index (χ3v) is 2.58. The minimum Gasteiger partial charge on any atom is -0.508 e. The van der Waals surface area contributed by atoms with E-state index in [1.54, 1.807) is 25.2 Å². The van der Waals surface area contributed by atoms with Crippen molar-refractivity contribution in [1.82, 2.24) is 5.32 Å². The maximum absolute atomic E-state index is 12.1. The molecule has 1 aromatic rings. The van der Waals surface area contributed by atoms with Crippen LogP contribution in [-0.4, -0.2) is 24.4 Å². The van der Waals surface area contributed by atoms with Crippen molar-refractivity contribution in [2.75, 3.05) is 7.05 Å². The van der Waals surface area contributed by atoms with Crippen molar-refractivity contribution < 1.29 is 18.3 Å². The fourth-order valence-electron chi connectivity index (χ4n) is 1.65. The lowest BCUT2D eigenvalue weighted by Gasteiger charge is -2.17. The van der Waals surface area contributed by atoms with Crippen LogP contribution in [0.2, 0.25) is 0 Å². The number of halogens is 3. The first-order valence-electron chi connectivity index (χ1n) is 5.42. The molecule has 1 aromatic carbocycles. The van der Waals surface area contributed by atoms with Crippen molar-refractivity contribution in [3.63, 3.8) is 0 Å². The van der Waals surface area contributed by atoms with Gasteiger partial charge in [0.25, 0.3) is 0 Å². The van der Waals surface area contributed by atoms with Crippen LogP contribution in [0.4, 0.5) is 13.2 Å². The van der Waals surface area contributed by atoms with Crippen LogP contribution in [0.5, 0.6) is 5.75 Å². The highest BCUT2D eigenvalue weighted by molar-refractivity contribution is 5.27. The summed E-state index contributed by atoms with van der Waals surface area (Å²) in [7, 11) is 1.64. The molecule has 2 nitrogen and oxygen atoms in total. The Morgan fingerprint density at radius 2 is 2.06 bits per heavy atom. The minimum atomic E-state index is -4.12. The monoisotopic (exact) mass is 247 g/mol. The molecule has 0 aliphatic carbocycles. The topological polar surface area (TPSA) is 32.3 Å². The quantitative estimate of drug-likeness (QED) is 0.838. The van der Waals surface area contributed by atoms with E-state index in [0.717, 1.165) is 5.56 Å². The molecule has 0 fully saturated rings. The highest BCUT2D eigenvalue weighted by Gasteiger charge is 2.27. The molecule has 0 radical (unpaired) electrons. The molecule has 17 heavy (non-hydrogen) atoms. The standard InChI is InChI=1S/C12H16F3NO/c1-16-10(5-6-12(13,14)15)7-9-3-2-4-11(17)8-9/h2-4,8,10,16-17H,5-7H2,1H3. The maximum atomic E-state index is 12.1. The lowest BCUT2D eigenvalue weighted by Crippen LogP contribution is -2.29. The first-order chi connectivity index (χ1) is 7.90. The molecule has 0 saturated heterocycles. The van der Waals surface area contributed by atoms with E-state index in [4.69, 9.17) is 0 Å². The molecule has 1 rings (SSSR count). The summed E-state index contributed by atoms with van der Waals surface area (Å²) in [6.45, 7) is 0. The van der Waals surface area contributed by atoms with Gasteiger partial charge < -0.3 is 10.4 Å². The van der Waals surface area contributed by atoms with Crippen LogP contribution in [0.1, 0.15) is 18.4 Å². The fraction of sp³-hybridized carbons (Fsp3) is 0.500. The molecule has 5 heteroatoms. The van der Waals surface area contributed by atoms with Gasteiger partial charge in [-0.1, -0.05) is 12.1 Å². The van der Waals surface area contributed by atoms with E-state index in [1.807, 2.05) is 0 Å². The second-order valence-corrected chi connectivity index (χ2v) is 4.01. The summed E-state index contributed by atoms with van der Waals surface area (Å²) in [5.41, 5.74) is 0.825. The average Bonchev–Trinajstić information content (AvgIpc) is 2.23. The minimum absolute atomic E-state index is 0.0374. The molecule has 1 unspecified atom stereocenters. The molecule has 0 aliphatic rings. The first-order valence-corrected chi connectivity index (χ1v) is 5.42. The predicted octanol–water partition coefficient (Wildman–Crippen LogP) is 2.87. The van der Waals surface area contributed by atoms with E-state index < -0.39 is 12.6 Å². The number of phenolic OH excluding ortho intramolecular Hbond substituents is 1. The van der Waals surface area contributed by atoms with E-state index in [9.17, 15) is 18.3 Å². The molecule has 0 saturated carbocycles. The number of likely N-dealkylation sites (N-methyl/N-ethyl adjacent to an activating group) is 1. The summed E-state index contributed by atoms with van der Waals surface area (Å²) in [6, 6.07) is 6.34. The van der Waals surface area contributed by atoms with Crippen LogP contribution in [0.25, 0.3) is 0 Å². The van der Waals surface area contributed by atoms with Crippen molar-refractivity contribution >= 4 is 0 Å². The number of benzene rings is 1. The smallest absolute Gasteiger partial charge is 0.389 e. The van der Waals surface area contributed by atoms with Crippen molar-refractivity contribution in [3.05, 3.63) is 29.8 Å². The number of aromatic hydroxyl groups is 1. The molecule has 0 bridgehead atoms. The second-order valence-electron chi connectivity index (χ2n) is 4.01. The van der Waals surface area contributed by atoms with Gasteiger partial charge in [0.1, 0.15) is 5.75 Å². The van der Waals surface area contributed by atoms with Gasteiger partial charge in [-0.3, -0.25) is 0 Å². The van der Waals surface area contributed by atoms with Crippen LogP contribution in [0.15, 0.2) is 24.3 Å². The predicted molar refractivity (Wildman–Crippen MR) is 59.9 cm³/mol. The largest absolute Gasteiger partial charge is 0.508 e. The van der Waals surface area contributed by atoms with Crippen LogP contribution < -0.4 is 5.32 Å². The fourth-order valence-corrected chi connectivity index (χ4v) is 1.65. The van der Waals surface area contributed by atoms with E-state index in [0.29, 0.717) is 6.42 Å². The molecular weight excluding hydrogens is 231 g/mol. The Bertz CT molecular complexity index is 352. The number of alkyl halides is 3. The SMILES string of the molecule is CNC(CCC(F)(F)F)Cc1cccc(O)c1. The highest BCUT2D eigenvalue weighted by atomic mass is 19.4. The van der Waals surface area contributed by atoms with Gasteiger partial charge in [0.2, 0.25) is 0 Å². The number of hydrogen-bond acceptors (Lipinski definition) is 2. The third-order valence-electron chi connectivity index (χ3n) is 2.58.